The van der Waals surface area contributed by atoms with Crippen LogP contribution in [0.25, 0.3) is 17.7 Å². The number of pyridine rings is 1. The molecule has 6 heteroatoms. The lowest BCUT2D eigenvalue weighted by atomic mass is 10.0. The van der Waals surface area contributed by atoms with E-state index in [1.807, 2.05) is 101 Å². The predicted molar refractivity (Wildman–Crippen MR) is 180 cm³/mol. The highest BCUT2D eigenvalue weighted by atomic mass is 16.1. The van der Waals surface area contributed by atoms with E-state index in [1.54, 1.807) is 24.5 Å². The number of nitrogens with zero attached hydrogens (tertiary/aromatic N) is 3. The molecule has 0 aliphatic rings. The van der Waals surface area contributed by atoms with Gasteiger partial charge in [0.2, 0.25) is 0 Å². The first kappa shape index (κ1) is 36.8. The summed E-state index contributed by atoms with van der Waals surface area (Å²) in [6, 6.07) is 12.9. The zero-order chi connectivity index (χ0) is 31.8. The number of carbonyl (C=O) groups excluding carboxylic acids is 2. The number of hydrogen-bond acceptors (Lipinski definition) is 5. The summed E-state index contributed by atoms with van der Waals surface area (Å²) in [6.07, 6.45) is 19.9. The van der Waals surface area contributed by atoms with Crippen molar-refractivity contribution in [2.24, 2.45) is 0 Å². The van der Waals surface area contributed by atoms with Gasteiger partial charge in [-0.15, -0.1) is 13.2 Å². The van der Waals surface area contributed by atoms with Crippen molar-refractivity contribution >= 4 is 35.1 Å². The van der Waals surface area contributed by atoms with Crippen LogP contribution in [0.4, 0.5) is 5.69 Å². The average molecular weight is 563 g/mol. The second kappa shape index (κ2) is 22.6. The summed E-state index contributed by atoms with van der Waals surface area (Å²) >= 11 is 0. The molecule has 0 spiro atoms. The predicted octanol–water partition coefficient (Wildman–Crippen LogP) is 8.98. The van der Waals surface area contributed by atoms with Gasteiger partial charge in [0.25, 0.3) is 5.91 Å². The molecule has 0 radical (unpaired) electrons. The minimum absolute atomic E-state index is 0.0185. The topological polar surface area (TPSA) is 84.8 Å². The van der Waals surface area contributed by atoms with Crippen LogP contribution in [0.1, 0.15) is 61.9 Å². The van der Waals surface area contributed by atoms with Crippen molar-refractivity contribution in [2.45, 2.75) is 34.6 Å². The number of rotatable bonds is 9. The Balaban J connectivity index is 0.00000166. The van der Waals surface area contributed by atoms with Gasteiger partial charge < -0.3 is 5.32 Å². The Labute approximate surface area is 251 Å². The third-order valence-corrected chi connectivity index (χ3v) is 5.01. The smallest absolute Gasteiger partial charge is 0.274 e. The third-order valence-electron chi connectivity index (χ3n) is 5.01. The molecule has 0 atom stereocenters. The molecule has 3 aromatic rings. The zero-order valence-electron chi connectivity index (χ0n) is 25.4. The summed E-state index contributed by atoms with van der Waals surface area (Å²) < 4.78 is 0. The number of amides is 1. The maximum Gasteiger partial charge on any atom is 0.274 e. The molecule has 0 bridgehead atoms. The van der Waals surface area contributed by atoms with Crippen molar-refractivity contribution in [3.05, 3.63) is 152 Å². The van der Waals surface area contributed by atoms with Crippen molar-refractivity contribution < 1.29 is 9.59 Å². The number of para-hydroxylation sites is 1. The van der Waals surface area contributed by atoms with E-state index < -0.39 is 0 Å². The van der Waals surface area contributed by atoms with Gasteiger partial charge in [-0.1, -0.05) is 87.2 Å². The number of carbonyl (C=O) groups is 2. The van der Waals surface area contributed by atoms with Crippen LogP contribution in [0.2, 0.25) is 0 Å². The summed E-state index contributed by atoms with van der Waals surface area (Å²) in [5, 5.41) is 2.85. The standard InChI is InChI=1S/C28H26N4O.C4H6O.C2H6.C2H4/c1-4-10-22(17-24-18-29-20-31-26(24)14-9-11-21(3)5-2)23-15-16-27(30-19-23)28(33)32-25-12-7-6-8-13-25;1-3-4(2)5;2*1-2/h4-20H,2H2,1,3H3,(H,32,33);3H,1H2,2H3;1-2H3;1-2H2/b10-4+,14-9-,21-11-,22-17+;;;. The van der Waals surface area contributed by atoms with E-state index in [2.05, 4.69) is 46.6 Å². The maximum atomic E-state index is 12.5. The fraction of sp³-hybridized carbons (Fsp3) is 0.139. The monoisotopic (exact) mass is 562 g/mol. The van der Waals surface area contributed by atoms with Crippen LogP contribution in [0.5, 0.6) is 0 Å². The lowest BCUT2D eigenvalue weighted by molar-refractivity contribution is -0.112. The number of anilines is 1. The van der Waals surface area contributed by atoms with Crippen LogP contribution in [0, 0.1) is 0 Å². The fourth-order valence-electron chi connectivity index (χ4n) is 2.95. The van der Waals surface area contributed by atoms with E-state index >= 15 is 0 Å². The van der Waals surface area contributed by atoms with E-state index in [1.165, 1.54) is 19.3 Å². The minimum Gasteiger partial charge on any atom is -0.321 e. The van der Waals surface area contributed by atoms with Gasteiger partial charge in [0.1, 0.15) is 12.0 Å². The summed E-state index contributed by atoms with van der Waals surface area (Å²) in [7, 11) is 0. The Bertz CT molecular complexity index is 1380. The lowest BCUT2D eigenvalue weighted by Crippen LogP contribution is -2.13. The van der Waals surface area contributed by atoms with Crippen molar-refractivity contribution in [1.82, 2.24) is 15.0 Å². The molecular weight excluding hydrogens is 520 g/mol. The quantitative estimate of drug-likeness (QED) is 0.160. The van der Waals surface area contributed by atoms with Crippen molar-refractivity contribution in [1.29, 1.82) is 0 Å². The minimum atomic E-state index is -0.254. The highest BCUT2D eigenvalue weighted by Gasteiger charge is 2.09. The Morgan fingerprint density at radius 1 is 0.905 bits per heavy atom. The molecule has 218 valence electrons. The van der Waals surface area contributed by atoms with Crippen molar-refractivity contribution in [3.8, 4) is 0 Å². The van der Waals surface area contributed by atoms with E-state index in [4.69, 9.17) is 0 Å². The number of benzene rings is 1. The molecule has 42 heavy (non-hydrogen) atoms. The molecular formula is C36H42N4O2. The van der Waals surface area contributed by atoms with E-state index in [-0.39, 0.29) is 11.7 Å². The highest BCUT2D eigenvalue weighted by molar-refractivity contribution is 6.03. The molecule has 1 N–H and O–H groups in total. The summed E-state index contributed by atoms with van der Waals surface area (Å²) in [5.74, 6) is -0.235. The van der Waals surface area contributed by atoms with Gasteiger partial charge in [-0.3, -0.25) is 14.6 Å². The molecule has 2 heterocycles. The van der Waals surface area contributed by atoms with E-state index in [9.17, 15) is 9.59 Å². The Hall–Kier alpha value is -5.23. The first-order valence-electron chi connectivity index (χ1n) is 13.5. The Kier molecular flexibility index (Phi) is 19.8. The SMILES string of the molecule is C=C.C=C/C(C)=C\C=C/c1ncncc1/C=C(\C=C\C)c1ccc(C(=O)Nc2ccccc2)nc1.C=CC(C)=O.CC. The van der Waals surface area contributed by atoms with Gasteiger partial charge in [-0.2, -0.15) is 0 Å². The van der Waals surface area contributed by atoms with Gasteiger partial charge in [-0.25, -0.2) is 9.97 Å². The average Bonchev–Trinajstić information content (AvgIpc) is 3.04. The molecule has 6 nitrogen and oxygen atoms in total. The molecule has 0 saturated carbocycles. The van der Waals surface area contributed by atoms with Crippen LogP contribution in [0.3, 0.4) is 0 Å². The Morgan fingerprint density at radius 3 is 2.12 bits per heavy atom. The molecule has 0 fully saturated rings. The molecule has 1 amide bonds. The number of allylic oxidation sites excluding steroid dienone is 8. The second-order valence-corrected chi connectivity index (χ2v) is 8.00. The maximum absolute atomic E-state index is 12.5. The molecule has 0 aliphatic carbocycles. The molecule has 3 rings (SSSR count). The number of aromatic nitrogens is 3. The van der Waals surface area contributed by atoms with Crippen molar-refractivity contribution in [3.63, 3.8) is 0 Å². The van der Waals surface area contributed by atoms with Crippen LogP contribution in [-0.2, 0) is 4.79 Å². The summed E-state index contributed by atoms with van der Waals surface area (Å²) in [4.78, 5) is 35.1. The number of hydrogen-bond donors (Lipinski definition) is 1. The van der Waals surface area contributed by atoms with E-state index in [0.29, 0.717) is 5.69 Å². The number of nitrogens with one attached hydrogen (secondary N) is 1. The fourth-order valence-corrected chi connectivity index (χ4v) is 2.95. The van der Waals surface area contributed by atoms with Gasteiger partial charge in [0.15, 0.2) is 5.78 Å². The first-order chi connectivity index (χ1) is 20.4. The highest BCUT2D eigenvalue weighted by Crippen LogP contribution is 2.21. The normalized spacial score (nSPS) is 10.7. The largest absolute Gasteiger partial charge is 0.321 e. The van der Waals surface area contributed by atoms with Crippen LogP contribution < -0.4 is 5.32 Å². The van der Waals surface area contributed by atoms with Crippen LogP contribution in [-0.4, -0.2) is 26.6 Å². The Morgan fingerprint density at radius 2 is 1.57 bits per heavy atom. The molecule has 0 saturated heterocycles. The third kappa shape index (κ3) is 14.2. The molecule has 0 aliphatic heterocycles. The lowest BCUT2D eigenvalue weighted by Gasteiger charge is -2.07. The summed E-state index contributed by atoms with van der Waals surface area (Å²) in [6.45, 7) is 22.4. The molecule has 0 unspecified atom stereocenters. The summed E-state index contributed by atoms with van der Waals surface area (Å²) in [5.41, 5.74) is 5.62. The second-order valence-electron chi connectivity index (χ2n) is 8.00. The first-order valence-corrected chi connectivity index (χ1v) is 13.5. The van der Waals surface area contributed by atoms with Crippen molar-refractivity contribution in [2.75, 3.05) is 5.32 Å². The molecule has 2 aromatic heterocycles. The zero-order valence-corrected chi connectivity index (χ0v) is 25.4. The van der Waals surface area contributed by atoms with Gasteiger partial charge in [0, 0.05) is 29.2 Å². The van der Waals surface area contributed by atoms with Gasteiger partial charge in [0.05, 0.1) is 5.69 Å². The van der Waals surface area contributed by atoms with Gasteiger partial charge >= 0.3 is 0 Å². The van der Waals surface area contributed by atoms with Crippen LogP contribution >= 0.6 is 0 Å². The van der Waals surface area contributed by atoms with Gasteiger partial charge in [-0.05, 0) is 62.8 Å². The van der Waals surface area contributed by atoms with Crippen LogP contribution in [0.15, 0.2) is 130 Å². The van der Waals surface area contributed by atoms with E-state index in [0.717, 1.165) is 33.7 Å². The number of ketones is 1. The molecule has 1 aromatic carbocycles.